The van der Waals surface area contributed by atoms with Gasteiger partial charge in [0, 0.05) is 17.3 Å². The molecule has 0 fully saturated rings. The van der Waals surface area contributed by atoms with Gasteiger partial charge < -0.3 is 14.8 Å². The van der Waals surface area contributed by atoms with Crippen LogP contribution < -0.4 is 10.1 Å². The third kappa shape index (κ3) is 5.45. The number of carbonyl (C=O) groups excluding carboxylic acids is 2. The molecule has 8 nitrogen and oxygen atoms in total. The molecule has 0 saturated carbocycles. The zero-order valence-electron chi connectivity index (χ0n) is 17.0. The molecule has 0 aliphatic rings. The Hall–Kier alpha value is -4.27. The lowest BCUT2D eigenvalue weighted by molar-refractivity contribution is -0.386. The summed E-state index contributed by atoms with van der Waals surface area (Å²) in [7, 11) is 0. The Labute approximate surface area is 182 Å². The molecule has 3 aromatic rings. The van der Waals surface area contributed by atoms with E-state index in [4.69, 9.17) is 9.47 Å². The van der Waals surface area contributed by atoms with Gasteiger partial charge in [-0.3, -0.25) is 14.9 Å². The normalized spacial score (nSPS) is 10.3. The summed E-state index contributed by atoms with van der Waals surface area (Å²) in [4.78, 5) is 35.0. The average Bonchev–Trinajstić information content (AvgIpc) is 2.78. The highest BCUT2D eigenvalue weighted by Crippen LogP contribution is 2.29. The lowest BCUT2D eigenvalue weighted by Crippen LogP contribution is -2.13. The SMILES string of the molecule is CCOC(=O)c1ccc(NC(=O)c2ccc(OCc3ccccc3)c([N+](=O)[O-])c2)cc1F. The topological polar surface area (TPSA) is 108 Å². The summed E-state index contributed by atoms with van der Waals surface area (Å²) in [6.45, 7) is 1.82. The summed E-state index contributed by atoms with van der Waals surface area (Å²) in [6, 6.07) is 16.4. The number of benzene rings is 3. The number of carbonyl (C=O) groups is 2. The number of amides is 1. The third-order valence-corrected chi connectivity index (χ3v) is 4.38. The predicted molar refractivity (Wildman–Crippen MR) is 114 cm³/mol. The maximum Gasteiger partial charge on any atom is 0.341 e. The fourth-order valence-corrected chi connectivity index (χ4v) is 2.83. The van der Waals surface area contributed by atoms with Crippen LogP contribution in [0.2, 0.25) is 0 Å². The van der Waals surface area contributed by atoms with E-state index in [9.17, 15) is 24.1 Å². The van der Waals surface area contributed by atoms with Gasteiger partial charge in [0.25, 0.3) is 5.91 Å². The number of nitrogens with zero attached hydrogens (tertiary/aromatic N) is 1. The minimum atomic E-state index is -0.864. The zero-order chi connectivity index (χ0) is 23.1. The Balaban J connectivity index is 1.75. The predicted octanol–water partition coefficient (Wildman–Crippen LogP) is 4.74. The maximum absolute atomic E-state index is 14.2. The van der Waals surface area contributed by atoms with E-state index in [1.807, 2.05) is 30.3 Å². The van der Waals surface area contributed by atoms with E-state index in [-0.39, 0.29) is 41.5 Å². The van der Waals surface area contributed by atoms with Crippen molar-refractivity contribution in [3.05, 3.63) is 99.4 Å². The number of hydrogen-bond donors (Lipinski definition) is 1. The molecule has 0 aliphatic carbocycles. The number of nitrogens with one attached hydrogen (secondary N) is 1. The molecule has 1 amide bonds. The average molecular weight is 438 g/mol. The van der Waals surface area contributed by atoms with Gasteiger partial charge in [-0.15, -0.1) is 0 Å². The smallest absolute Gasteiger partial charge is 0.341 e. The van der Waals surface area contributed by atoms with Crippen LogP contribution in [-0.4, -0.2) is 23.4 Å². The first-order valence-corrected chi connectivity index (χ1v) is 9.62. The first kappa shape index (κ1) is 22.4. The highest BCUT2D eigenvalue weighted by atomic mass is 19.1. The first-order valence-electron chi connectivity index (χ1n) is 9.62. The van der Waals surface area contributed by atoms with E-state index < -0.39 is 22.6 Å². The van der Waals surface area contributed by atoms with E-state index in [2.05, 4.69) is 5.32 Å². The van der Waals surface area contributed by atoms with Crippen LogP contribution in [0.5, 0.6) is 5.75 Å². The molecule has 0 bridgehead atoms. The van der Waals surface area contributed by atoms with Crippen LogP contribution in [0.15, 0.2) is 66.7 Å². The lowest BCUT2D eigenvalue weighted by atomic mass is 10.1. The van der Waals surface area contributed by atoms with Crippen molar-refractivity contribution in [3.8, 4) is 5.75 Å². The molecule has 9 heteroatoms. The second-order valence-corrected chi connectivity index (χ2v) is 6.58. The molecule has 0 heterocycles. The number of halogens is 1. The Morgan fingerprint density at radius 3 is 2.47 bits per heavy atom. The van der Waals surface area contributed by atoms with E-state index in [0.717, 1.165) is 17.7 Å². The van der Waals surface area contributed by atoms with Crippen LogP contribution in [0.4, 0.5) is 15.8 Å². The van der Waals surface area contributed by atoms with Crippen LogP contribution >= 0.6 is 0 Å². The largest absolute Gasteiger partial charge is 0.482 e. The summed E-state index contributed by atoms with van der Waals surface area (Å²) in [5, 5.41) is 13.9. The molecule has 0 unspecified atom stereocenters. The summed E-state index contributed by atoms with van der Waals surface area (Å²) >= 11 is 0. The number of ether oxygens (including phenoxy) is 2. The zero-order valence-corrected chi connectivity index (χ0v) is 17.0. The van der Waals surface area contributed by atoms with E-state index in [0.29, 0.717) is 0 Å². The summed E-state index contributed by atoms with van der Waals surface area (Å²) in [5.41, 5.74) is 0.251. The molecule has 3 rings (SSSR count). The Morgan fingerprint density at radius 1 is 1.06 bits per heavy atom. The van der Waals surface area contributed by atoms with Gasteiger partial charge in [0.05, 0.1) is 17.1 Å². The molecular formula is C23H19FN2O6. The van der Waals surface area contributed by atoms with Gasteiger partial charge in [0.2, 0.25) is 0 Å². The van der Waals surface area contributed by atoms with Crippen LogP contribution in [0.25, 0.3) is 0 Å². The van der Waals surface area contributed by atoms with E-state index >= 15 is 0 Å². The highest BCUT2D eigenvalue weighted by Gasteiger charge is 2.20. The third-order valence-electron chi connectivity index (χ3n) is 4.38. The number of nitro benzene ring substituents is 1. The van der Waals surface area contributed by atoms with Crippen molar-refractivity contribution in [2.24, 2.45) is 0 Å². The molecule has 0 radical (unpaired) electrons. The molecule has 3 aromatic carbocycles. The number of nitro groups is 1. The fourth-order valence-electron chi connectivity index (χ4n) is 2.83. The lowest BCUT2D eigenvalue weighted by Gasteiger charge is -2.10. The number of hydrogen-bond acceptors (Lipinski definition) is 6. The van der Waals surface area contributed by atoms with Crippen LogP contribution in [0.3, 0.4) is 0 Å². The van der Waals surface area contributed by atoms with Crippen LogP contribution in [0, 0.1) is 15.9 Å². The van der Waals surface area contributed by atoms with Crippen molar-refractivity contribution in [3.63, 3.8) is 0 Å². The van der Waals surface area contributed by atoms with Crippen molar-refractivity contribution in [1.82, 2.24) is 0 Å². The monoisotopic (exact) mass is 438 g/mol. The Kier molecular flexibility index (Phi) is 7.12. The van der Waals surface area contributed by atoms with Crippen LogP contribution in [-0.2, 0) is 11.3 Å². The molecule has 0 aromatic heterocycles. The summed E-state index contributed by atoms with van der Waals surface area (Å²) in [5.74, 6) is -2.35. The maximum atomic E-state index is 14.2. The molecular weight excluding hydrogens is 419 g/mol. The summed E-state index contributed by atoms with van der Waals surface area (Å²) in [6.07, 6.45) is 0. The second-order valence-electron chi connectivity index (χ2n) is 6.58. The first-order chi connectivity index (χ1) is 15.4. The minimum Gasteiger partial charge on any atom is -0.482 e. The molecule has 1 N–H and O–H groups in total. The quantitative estimate of drug-likeness (QED) is 0.309. The highest BCUT2D eigenvalue weighted by molar-refractivity contribution is 6.05. The molecule has 0 saturated heterocycles. The van der Waals surface area contributed by atoms with Gasteiger partial charge in [0.15, 0.2) is 5.75 Å². The van der Waals surface area contributed by atoms with Crippen molar-refractivity contribution in [2.45, 2.75) is 13.5 Å². The van der Waals surface area contributed by atoms with Gasteiger partial charge in [0.1, 0.15) is 12.4 Å². The Morgan fingerprint density at radius 2 is 1.81 bits per heavy atom. The van der Waals surface area contributed by atoms with Gasteiger partial charge in [-0.2, -0.15) is 0 Å². The van der Waals surface area contributed by atoms with E-state index in [1.165, 1.54) is 24.3 Å². The molecule has 32 heavy (non-hydrogen) atoms. The van der Waals surface area contributed by atoms with Gasteiger partial charge in [-0.1, -0.05) is 30.3 Å². The van der Waals surface area contributed by atoms with Gasteiger partial charge in [-0.05, 0) is 42.8 Å². The standard InChI is InChI=1S/C23H19FN2O6/c1-2-31-23(28)18-10-9-17(13-19(18)24)25-22(27)16-8-11-21(20(12-16)26(29)30)32-14-15-6-4-3-5-7-15/h3-13H,2,14H2,1H3,(H,25,27). The fraction of sp³-hybridized carbons (Fsp3) is 0.130. The number of esters is 1. The van der Waals surface area contributed by atoms with Crippen molar-refractivity contribution < 1.29 is 28.4 Å². The molecule has 0 atom stereocenters. The molecule has 0 aliphatic heterocycles. The number of rotatable bonds is 8. The summed E-state index contributed by atoms with van der Waals surface area (Å²) < 4.78 is 24.5. The van der Waals surface area contributed by atoms with Gasteiger partial charge >= 0.3 is 11.7 Å². The van der Waals surface area contributed by atoms with Crippen molar-refractivity contribution >= 4 is 23.3 Å². The van der Waals surface area contributed by atoms with Crippen LogP contribution in [0.1, 0.15) is 33.2 Å². The van der Waals surface area contributed by atoms with Crippen molar-refractivity contribution in [1.29, 1.82) is 0 Å². The second kappa shape index (κ2) is 10.2. The number of anilines is 1. The van der Waals surface area contributed by atoms with Gasteiger partial charge in [-0.25, -0.2) is 9.18 Å². The molecule has 164 valence electrons. The van der Waals surface area contributed by atoms with E-state index in [1.54, 1.807) is 6.92 Å². The molecule has 0 spiro atoms. The Bertz CT molecular complexity index is 1150. The van der Waals surface area contributed by atoms with Crippen molar-refractivity contribution in [2.75, 3.05) is 11.9 Å². The minimum absolute atomic E-state index is 0.0141.